The van der Waals surface area contributed by atoms with E-state index in [1.807, 2.05) is 0 Å². The fourth-order valence-electron chi connectivity index (χ4n) is 1.22. The van der Waals surface area contributed by atoms with Crippen LogP contribution in [0.25, 0.3) is 0 Å². The van der Waals surface area contributed by atoms with E-state index in [0.29, 0.717) is 5.82 Å². The highest BCUT2D eigenvalue weighted by Gasteiger charge is 2.15. The van der Waals surface area contributed by atoms with Gasteiger partial charge in [-0.05, 0) is 6.07 Å². The van der Waals surface area contributed by atoms with Gasteiger partial charge in [-0.15, -0.1) is 0 Å². The third-order valence-electron chi connectivity index (χ3n) is 2.03. The van der Waals surface area contributed by atoms with Gasteiger partial charge in [-0.3, -0.25) is 0 Å². The maximum atomic E-state index is 11.9. The van der Waals surface area contributed by atoms with Crippen molar-refractivity contribution >= 4 is 21.8 Å². The van der Waals surface area contributed by atoms with Crippen molar-refractivity contribution in [1.29, 1.82) is 0 Å². The van der Waals surface area contributed by atoms with Gasteiger partial charge in [-0.25, -0.2) is 23.1 Å². The number of aromatic amines is 1. The Morgan fingerprint density at radius 2 is 2.12 bits per heavy atom. The lowest BCUT2D eigenvalue weighted by Crippen LogP contribution is -2.14. The summed E-state index contributed by atoms with van der Waals surface area (Å²) in [5.41, 5.74) is 0. The first-order valence-electron chi connectivity index (χ1n) is 4.78. The molecule has 0 aliphatic heterocycles. The van der Waals surface area contributed by atoms with E-state index in [2.05, 4.69) is 25.0 Å². The molecular formula is C9H11N5O2S. The average molecular weight is 253 g/mol. The molecule has 2 heterocycles. The summed E-state index contributed by atoms with van der Waals surface area (Å²) in [6, 6.07) is 2.84. The van der Waals surface area contributed by atoms with Gasteiger partial charge in [0.05, 0.1) is 4.90 Å². The van der Waals surface area contributed by atoms with Crippen molar-refractivity contribution in [1.82, 2.24) is 15.0 Å². The predicted molar refractivity (Wildman–Crippen MR) is 63.2 cm³/mol. The summed E-state index contributed by atoms with van der Waals surface area (Å²) in [7, 11) is -1.97. The molecule has 0 spiro atoms. The van der Waals surface area contributed by atoms with Crippen LogP contribution in [-0.2, 0) is 10.0 Å². The molecule has 3 N–H and O–H groups in total. The molecule has 0 bridgehead atoms. The Morgan fingerprint density at radius 3 is 2.76 bits per heavy atom. The number of pyridine rings is 1. The summed E-state index contributed by atoms with van der Waals surface area (Å²) in [4.78, 5) is 10.5. The first kappa shape index (κ1) is 11.4. The van der Waals surface area contributed by atoms with E-state index >= 15 is 0 Å². The van der Waals surface area contributed by atoms with Crippen LogP contribution in [0.4, 0.5) is 11.8 Å². The van der Waals surface area contributed by atoms with E-state index in [1.165, 1.54) is 30.7 Å². The lowest BCUT2D eigenvalue weighted by molar-refractivity contribution is 0.601. The van der Waals surface area contributed by atoms with Gasteiger partial charge in [0.2, 0.25) is 5.95 Å². The molecule has 8 heteroatoms. The average Bonchev–Trinajstić information content (AvgIpc) is 2.81. The van der Waals surface area contributed by atoms with E-state index in [0.717, 1.165) is 0 Å². The highest BCUT2D eigenvalue weighted by Crippen LogP contribution is 2.14. The molecule has 0 radical (unpaired) electrons. The second kappa shape index (κ2) is 4.42. The zero-order valence-corrected chi connectivity index (χ0v) is 9.82. The lowest BCUT2D eigenvalue weighted by Gasteiger charge is -2.06. The van der Waals surface area contributed by atoms with Crippen LogP contribution in [-0.4, -0.2) is 30.4 Å². The van der Waals surface area contributed by atoms with Crippen LogP contribution in [0.1, 0.15) is 0 Å². The van der Waals surface area contributed by atoms with Gasteiger partial charge >= 0.3 is 0 Å². The minimum absolute atomic E-state index is 0.119. The summed E-state index contributed by atoms with van der Waals surface area (Å²) >= 11 is 0. The number of H-pyrrole nitrogens is 1. The fraction of sp³-hybridized carbons (Fsp3) is 0.111. The van der Waals surface area contributed by atoms with Gasteiger partial charge in [0.15, 0.2) is 0 Å². The van der Waals surface area contributed by atoms with E-state index in [-0.39, 0.29) is 10.8 Å². The van der Waals surface area contributed by atoms with Crippen LogP contribution in [0.5, 0.6) is 0 Å². The number of nitrogens with one attached hydrogen (secondary N) is 3. The molecular weight excluding hydrogens is 242 g/mol. The number of aromatic nitrogens is 3. The van der Waals surface area contributed by atoms with Crippen LogP contribution >= 0.6 is 0 Å². The molecule has 0 aromatic carbocycles. The van der Waals surface area contributed by atoms with E-state index in [9.17, 15) is 8.42 Å². The third-order valence-corrected chi connectivity index (χ3v) is 3.36. The summed E-state index contributed by atoms with van der Waals surface area (Å²) in [6.07, 6.45) is 4.41. The normalized spacial score (nSPS) is 11.1. The summed E-state index contributed by atoms with van der Waals surface area (Å²) in [6.45, 7) is 0. The number of imidazole rings is 1. The molecule has 0 fully saturated rings. The number of hydrogen-bond acceptors (Lipinski definition) is 5. The smallest absolute Gasteiger partial charge is 0.264 e. The number of nitrogens with zero attached hydrogens (tertiary/aromatic N) is 2. The Bertz CT molecular complexity index is 594. The van der Waals surface area contributed by atoms with Gasteiger partial charge in [-0.2, -0.15) is 0 Å². The van der Waals surface area contributed by atoms with Crippen molar-refractivity contribution in [2.75, 3.05) is 17.1 Å². The largest absolute Gasteiger partial charge is 0.373 e. The maximum Gasteiger partial charge on any atom is 0.264 e. The first-order valence-corrected chi connectivity index (χ1v) is 6.26. The zero-order chi connectivity index (χ0) is 12.3. The minimum atomic E-state index is -3.64. The van der Waals surface area contributed by atoms with Crippen molar-refractivity contribution in [2.24, 2.45) is 0 Å². The standard InChI is InChI=1S/C9H11N5O2S/c1-10-8-6-7(2-3-11-8)17(15,16)14-9-12-4-5-13-9/h2-6H,1H3,(H,10,11)(H2,12,13,14). The number of hydrogen-bond donors (Lipinski definition) is 3. The highest BCUT2D eigenvalue weighted by molar-refractivity contribution is 7.92. The molecule has 0 saturated carbocycles. The van der Waals surface area contributed by atoms with Crippen LogP contribution in [0.2, 0.25) is 0 Å². The Labute approximate surface area is 98.4 Å². The molecule has 17 heavy (non-hydrogen) atoms. The van der Waals surface area contributed by atoms with Gasteiger partial charge < -0.3 is 10.3 Å². The van der Waals surface area contributed by atoms with Crippen molar-refractivity contribution < 1.29 is 8.42 Å². The Balaban J connectivity index is 2.31. The molecule has 0 aliphatic carbocycles. The Hall–Kier alpha value is -2.09. The molecule has 0 saturated heterocycles. The molecule has 0 amide bonds. The number of sulfonamides is 1. The van der Waals surface area contributed by atoms with Gasteiger partial charge in [0.1, 0.15) is 5.82 Å². The van der Waals surface area contributed by atoms with Crippen molar-refractivity contribution in [3.63, 3.8) is 0 Å². The lowest BCUT2D eigenvalue weighted by atomic mass is 10.5. The Morgan fingerprint density at radius 1 is 1.29 bits per heavy atom. The second-order valence-corrected chi connectivity index (χ2v) is 4.85. The minimum Gasteiger partial charge on any atom is -0.373 e. The molecule has 0 atom stereocenters. The third kappa shape index (κ3) is 2.53. The van der Waals surface area contributed by atoms with Crippen molar-refractivity contribution in [3.05, 3.63) is 30.7 Å². The molecule has 0 aliphatic rings. The second-order valence-electron chi connectivity index (χ2n) is 3.17. The molecule has 2 rings (SSSR count). The molecule has 90 valence electrons. The first-order chi connectivity index (χ1) is 8.12. The predicted octanol–water partition coefficient (Wildman–Crippen LogP) is 0.647. The van der Waals surface area contributed by atoms with E-state index in [1.54, 1.807) is 7.05 Å². The number of rotatable bonds is 4. The quantitative estimate of drug-likeness (QED) is 0.742. The summed E-state index contributed by atoms with van der Waals surface area (Å²) in [5, 5.41) is 2.77. The monoisotopic (exact) mass is 253 g/mol. The van der Waals surface area contributed by atoms with Gasteiger partial charge in [0.25, 0.3) is 10.0 Å². The SMILES string of the molecule is CNc1cc(S(=O)(=O)Nc2ncc[nH]2)ccn1. The van der Waals surface area contributed by atoms with Gasteiger partial charge in [0, 0.05) is 31.7 Å². The number of anilines is 2. The van der Waals surface area contributed by atoms with Gasteiger partial charge in [-0.1, -0.05) is 0 Å². The van der Waals surface area contributed by atoms with Crippen molar-refractivity contribution in [3.8, 4) is 0 Å². The van der Waals surface area contributed by atoms with E-state index in [4.69, 9.17) is 0 Å². The summed E-state index contributed by atoms with van der Waals surface area (Å²) < 4.78 is 26.2. The highest BCUT2D eigenvalue weighted by atomic mass is 32.2. The van der Waals surface area contributed by atoms with Crippen LogP contribution in [0.3, 0.4) is 0 Å². The van der Waals surface area contributed by atoms with Crippen LogP contribution in [0, 0.1) is 0 Å². The topological polar surface area (TPSA) is 99.8 Å². The Kier molecular flexibility index (Phi) is 2.96. The van der Waals surface area contributed by atoms with Crippen molar-refractivity contribution in [2.45, 2.75) is 4.90 Å². The van der Waals surface area contributed by atoms with Crippen LogP contribution < -0.4 is 10.0 Å². The zero-order valence-electron chi connectivity index (χ0n) is 9.01. The fourth-order valence-corrected chi connectivity index (χ4v) is 2.21. The molecule has 0 unspecified atom stereocenters. The van der Waals surface area contributed by atoms with E-state index < -0.39 is 10.0 Å². The summed E-state index contributed by atoms with van der Waals surface area (Å²) in [5.74, 6) is 0.653. The molecule has 7 nitrogen and oxygen atoms in total. The molecule has 2 aromatic rings. The molecule has 2 aromatic heterocycles. The van der Waals surface area contributed by atoms with Crippen LogP contribution in [0.15, 0.2) is 35.6 Å². The maximum absolute atomic E-state index is 11.9.